The highest BCUT2D eigenvalue weighted by molar-refractivity contribution is 5.78. The first-order valence-electron chi connectivity index (χ1n) is 10.1. The van der Waals surface area contributed by atoms with Crippen molar-refractivity contribution in [1.29, 1.82) is 5.26 Å². The largest absolute Gasteiger partial charge is 0.457 e. The molecule has 6 nitrogen and oxygen atoms in total. The van der Waals surface area contributed by atoms with Crippen LogP contribution in [0.1, 0.15) is 39.4 Å². The molecule has 156 valence electrons. The number of nitrogens with zero attached hydrogens (tertiary/aromatic N) is 2. The molecule has 0 bridgehead atoms. The van der Waals surface area contributed by atoms with Gasteiger partial charge in [0.05, 0.1) is 5.92 Å². The SMILES string of the molecule is CC1(C)C([C@@H]2N(N)C2(C)C)[C@H]1C(=O)O[C@H](C#N)c1cccc(Oc2ccccc2)c1. The number of hydrogen-bond acceptors (Lipinski definition) is 6. The summed E-state index contributed by atoms with van der Waals surface area (Å²) in [5.74, 6) is 6.87. The van der Waals surface area contributed by atoms with Crippen molar-refractivity contribution in [3.63, 3.8) is 0 Å². The monoisotopic (exact) mass is 405 g/mol. The Balaban J connectivity index is 1.46. The van der Waals surface area contributed by atoms with Gasteiger partial charge in [0.25, 0.3) is 0 Å². The summed E-state index contributed by atoms with van der Waals surface area (Å²) in [6.07, 6.45) is -0.991. The third-order valence-electron chi connectivity index (χ3n) is 6.62. The first-order valence-corrected chi connectivity index (χ1v) is 10.1. The second-order valence-corrected chi connectivity index (χ2v) is 9.26. The van der Waals surface area contributed by atoms with E-state index in [1.807, 2.05) is 30.3 Å². The maximum absolute atomic E-state index is 12.9. The Morgan fingerprint density at radius 1 is 1.10 bits per heavy atom. The summed E-state index contributed by atoms with van der Waals surface area (Å²) in [5.41, 5.74) is 0.265. The summed E-state index contributed by atoms with van der Waals surface area (Å²) in [6, 6.07) is 18.7. The minimum absolute atomic E-state index is 0.116. The van der Waals surface area contributed by atoms with Gasteiger partial charge >= 0.3 is 5.97 Å². The summed E-state index contributed by atoms with van der Waals surface area (Å²) in [4.78, 5) is 12.9. The lowest BCUT2D eigenvalue weighted by Gasteiger charge is -2.13. The molecule has 0 aromatic heterocycles. The van der Waals surface area contributed by atoms with Crippen molar-refractivity contribution in [3.05, 3.63) is 60.2 Å². The molecule has 1 aliphatic carbocycles. The summed E-state index contributed by atoms with van der Waals surface area (Å²) >= 11 is 0. The quantitative estimate of drug-likeness (QED) is 0.440. The summed E-state index contributed by atoms with van der Waals surface area (Å²) in [7, 11) is 0. The molecule has 6 heteroatoms. The van der Waals surface area contributed by atoms with Gasteiger partial charge in [0.2, 0.25) is 6.10 Å². The van der Waals surface area contributed by atoms with Gasteiger partial charge in [-0.2, -0.15) is 5.26 Å². The van der Waals surface area contributed by atoms with Crippen molar-refractivity contribution in [2.24, 2.45) is 23.1 Å². The van der Waals surface area contributed by atoms with Crippen molar-refractivity contribution in [2.45, 2.75) is 45.4 Å². The number of nitriles is 1. The molecule has 0 amide bonds. The number of para-hydroxylation sites is 1. The molecule has 2 aliphatic rings. The Labute approximate surface area is 177 Å². The zero-order valence-electron chi connectivity index (χ0n) is 17.7. The van der Waals surface area contributed by atoms with E-state index in [0.717, 1.165) is 0 Å². The topological polar surface area (TPSA) is 88.4 Å². The number of nitrogens with two attached hydrogens (primary N) is 1. The first kappa shape index (κ1) is 20.4. The second kappa shape index (κ2) is 7.12. The Kier molecular flexibility index (Phi) is 4.84. The van der Waals surface area contributed by atoms with Crippen LogP contribution in [0.2, 0.25) is 0 Å². The molecule has 2 aromatic rings. The van der Waals surface area contributed by atoms with Crippen LogP contribution < -0.4 is 10.6 Å². The van der Waals surface area contributed by atoms with Gasteiger partial charge in [-0.3, -0.25) is 10.6 Å². The average Bonchev–Trinajstić information content (AvgIpc) is 3.46. The van der Waals surface area contributed by atoms with Crippen molar-refractivity contribution in [3.8, 4) is 17.6 Å². The number of carbonyl (C=O) groups excluding carboxylic acids is 1. The van der Waals surface area contributed by atoms with Crippen LogP contribution in [0.3, 0.4) is 0 Å². The Bertz CT molecular complexity index is 996. The highest BCUT2D eigenvalue weighted by Crippen LogP contribution is 2.67. The average molecular weight is 405 g/mol. The Morgan fingerprint density at radius 3 is 2.33 bits per heavy atom. The summed E-state index contributed by atoms with van der Waals surface area (Å²) < 4.78 is 11.5. The molecule has 30 heavy (non-hydrogen) atoms. The van der Waals surface area contributed by atoms with Crippen LogP contribution in [-0.4, -0.2) is 22.6 Å². The molecule has 2 fully saturated rings. The highest BCUT2D eigenvalue weighted by Gasteiger charge is 2.74. The van der Waals surface area contributed by atoms with E-state index in [4.69, 9.17) is 15.3 Å². The predicted molar refractivity (Wildman–Crippen MR) is 112 cm³/mol. The molecular weight excluding hydrogens is 378 g/mol. The highest BCUT2D eigenvalue weighted by atomic mass is 16.5. The number of benzene rings is 2. The fourth-order valence-electron chi connectivity index (χ4n) is 4.60. The maximum Gasteiger partial charge on any atom is 0.311 e. The molecular formula is C24H27N3O3. The molecule has 0 spiro atoms. The first-order chi connectivity index (χ1) is 14.2. The number of esters is 1. The van der Waals surface area contributed by atoms with Crippen LogP contribution in [0.25, 0.3) is 0 Å². The van der Waals surface area contributed by atoms with Crippen LogP contribution in [0.5, 0.6) is 11.5 Å². The van der Waals surface area contributed by atoms with E-state index < -0.39 is 6.10 Å². The molecule has 1 saturated heterocycles. The van der Waals surface area contributed by atoms with E-state index >= 15 is 0 Å². The molecule has 4 rings (SSSR count). The zero-order valence-corrected chi connectivity index (χ0v) is 17.7. The van der Waals surface area contributed by atoms with Gasteiger partial charge in [-0.05, 0) is 49.4 Å². The van der Waals surface area contributed by atoms with E-state index in [1.165, 1.54) is 0 Å². The van der Waals surface area contributed by atoms with Crippen molar-refractivity contribution < 1.29 is 14.3 Å². The van der Waals surface area contributed by atoms with Gasteiger partial charge in [-0.25, -0.2) is 5.01 Å². The molecule has 1 saturated carbocycles. The van der Waals surface area contributed by atoms with Gasteiger partial charge in [0.15, 0.2) is 0 Å². The Hall–Kier alpha value is -2.88. The molecule has 1 aliphatic heterocycles. The molecule has 2 aromatic carbocycles. The minimum atomic E-state index is -0.991. The molecule has 1 heterocycles. The van der Waals surface area contributed by atoms with E-state index in [0.29, 0.717) is 17.1 Å². The molecule has 2 N–H and O–H groups in total. The van der Waals surface area contributed by atoms with Crippen LogP contribution in [0.15, 0.2) is 54.6 Å². The van der Waals surface area contributed by atoms with E-state index in [1.54, 1.807) is 29.3 Å². The third kappa shape index (κ3) is 3.45. The van der Waals surface area contributed by atoms with E-state index in [9.17, 15) is 10.1 Å². The van der Waals surface area contributed by atoms with E-state index in [-0.39, 0.29) is 34.8 Å². The third-order valence-corrected chi connectivity index (χ3v) is 6.62. The summed E-state index contributed by atoms with van der Waals surface area (Å²) in [5, 5.41) is 11.5. The van der Waals surface area contributed by atoms with Gasteiger partial charge in [-0.1, -0.05) is 44.2 Å². The molecule has 0 radical (unpaired) electrons. The molecule has 2 unspecified atom stereocenters. The van der Waals surface area contributed by atoms with Crippen molar-refractivity contribution in [1.82, 2.24) is 5.01 Å². The predicted octanol–water partition coefficient (Wildman–Crippen LogP) is 4.20. The van der Waals surface area contributed by atoms with Crippen LogP contribution in [0.4, 0.5) is 0 Å². The smallest absolute Gasteiger partial charge is 0.311 e. The van der Waals surface area contributed by atoms with Crippen LogP contribution in [0, 0.1) is 28.6 Å². The van der Waals surface area contributed by atoms with Gasteiger partial charge in [0, 0.05) is 17.1 Å². The van der Waals surface area contributed by atoms with Gasteiger partial charge < -0.3 is 9.47 Å². The zero-order chi connectivity index (χ0) is 21.7. The second-order valence-electron chi connectivity index (χ2n) is 9.26. The fraction of sp³-hybridized carbons (Fsp3) is 0.417. The van der Waals surface area contributed by atoms with Crippen LogP contribution in [-0.2, 0) is 9.53 Å². The number of hydrogen-bond donors (Lipinski definition) is 1. The lowest BCUT2D eigenvalue weighted by atomic mass is 10.0. The number of ether oxygens (including phenoxy) is 2. The molecule has 5 atom stereocenters. The number of carbonyl (C=O) groups is 1. The maximum atomic E-state index is 12.9. The summed E-state index contributed by atoms with van der Waals surface area (Å²) in [6.45, 7) is 8.26. The fourth-order valence-corrected chi connectivity index (χ4v) is 4.60. The van der Waals surface area contributed by atoms with Gasteiger partial charge in [0.1, 0.15) is 17.6 Å². The van der Waals surface area contributed by atoms with E-state index in [2.05, 4.69) is 33.8 Å². The number of rotatable bonds is 6. The van der Waals surface area contributed by atoms with Crippen LogP contribution >= 0.6 is 0 Å². The lowest BCUT2D eigenvalue weighted by molar-refractivity contribution is -0.149. The van der Waals surface area contributed by atoms with Gasteiger partial charge in [-0.15, -0.1) is 0 Å². The lowest BCUT2D eigenvalue weighted by Crippen LogP contribution is -2.16. The standard InChI is InChI=1S/C24H27N3O3/c1-23(2)19(21-24(3,4)27(21)26)20(23)22(28)30-18(14-25)15-9-8-12-17(13-15)29-16-10-6-5-7-11-16/h5-13,18-21H,26H2,1-4H3/t18-,19?,20+,21+,27?/m1/s1. The van der Waals surface area contributed by atoms with Crippen molar-refractivity contribution >= 4 is 5.97 Å². The minimum Gasteiger partial charge on any atom is -0.457 e. The number of hydrazine groups is 1. The Morgan fingerprint density at radius 2 is 1.73 bits per heavy atom. The van der Waals surface area contributed by atoms with Crippen molar-refractivity contribution in [2.75, 3.05) is 0 Å². The normalized spacial score (nSPS) is 28.7.